The lowest BCUT2D eigenvalue weighted by molar-refractivity contribution is -0.136. The van der Waals surface area contributed by atoms with Crippen molar-refractivity contribution in [1.29, 1.82) is 0 Å². The molecule has 0 N–H and O–H groups in total. The van der Waals surface area contributed by atoms with Crippen LogP contribution in [0.1, 0.15) is 16.7 Å². The van der Waals surface area contributed by atoms with Gasteiger partial charge in [-0.15, -0.1) is 6.42 Å². The van der Waals surface area contributed by atoms with E-state index in [2.05, 4.69) is 5.92 Å². The Hall–Kier alpha value is -2.70. The molecule has 0 heterocycles. The molecule has 122 valence electrons. The first-order valence-corrected chi connectivity index (χ1v) is 7.73. The van der Waals surface area contributed by atoms with Crippen molar-refractivity contribution in [2.45, 2.75) is 13.5 Å². The lowest BCUT2D eigenvalue weighted by Gasteiger charge is -2.10. The first-order valence-electron chi connectivity index (χ1n) is 7.35. The highest BCUT2D eigenvalue weighted by Crippen LogP contribution is 2.27. The Morgan fingerprint density at radius 1 is 1.29 bits per heavy atom. The van der Waals surface area contributed by atoms with Crippen LogP contribution in [0.25, 0.3) is 6.08 Å². The second-order valence-corrected chi connectivity index (χ2v) is 5.46. The highest BCUT2D eigenvalue weighted by molar-refractivity contribution is 6.32. The summed E-state index contributed by atoms with van der Waals surface area (Å²) in [4.78, 5) is 11.4. The minimum Gasteiger partial charge on any atom is -0.487 e. The van der Waals surface area contributed by atoms with Crippen LogP contribution in [0.3, 0.4) is 0 Å². The number of rotatable bonds is 6. The number of benzene rings is 2. The molecule has 0 atom stereocenters. The quantitative estimate of drug-likeness (QED) is 0.443. The smallest absolute Gasteiger partial charge is 0.331 e. The third kappa shape index (κ3) is 5.19. The van der Waals surface area contributed by atoms with Crippen molar-refractivity contribution in [2.75, 3.05) is 6.61 Å². The maximum Gasteiger partial charge on any atom is 0.331 e. The average Bonchev–Trinajstić information content (AvgIpc) is 2.58. The van der Waals surface area contributed by atoms with Gasteiger partial charge in [-0.2, -0.15) is 0 Å². The Balaban J connectivity index is 1.99. The molecule has 0 unspecified atom stereocenters. The van der Waals surface area contributed by atoms with E-state index in [1.807, 2.05) is 37.3 Å². The fourth-order valence-corrected chi connectivity index (χ4v) is 2.23. The fraction of sp³-hybridized carbons (Fsp3) is 0.150. The van der Waals surface area contributed by atoms with Gasteiger partial charge in [-0.3, -0.25) is 0 Å². The second kappa shape index (κ2) is 8.81. The minimum atomic E-state index is -0.496. The molecule has 0 aromatic heterocycles. The monoisotopic (exact) mass is 340 g/mol. The zero-order valence-electron chi connectivity index (χ0n) is 13.3. The van der Waals surface area contributed by atoms with Crippen molar-refractivity contribution in [3.05, 3.63) is 70.3 Å². The van der Waals surface area contributed by atoms with Crippen LogP contribution in [0.5, 0.6) is 5.75 Å². The van der Waals surface area contributed by atoms with E-state index in [1.54, 1.807) is 18.2 Å². The van der Waals surface area contributed by atoms with Gasteiger partial charge in [0.1, 0.15) is 12.4 Å². The number of esters is 1. The van der Waals surface area contributed by atoms with E-state index in [0.29, 0.717) is 17.4 Å². The van der Waals surface area contributed by atoms with E-state index >= 15 is 0 Å². The van der Waals surface area contributed by atoms with Gasteiger partial charge in [-0.1, -0.05) is 47.9 Å². The molecular weight excluding hydrogens is 324 g/mol. The van der Waals surface area contributed by atoms with E-state index in [1.165, 1.54) is 11.6 Å². The summed E-state index contributed by atoms with van der Waals surface area (Å²) in [5, 5.41) is 0.475. The van der Waals surface area contributed by atoms with Crippen LogP contribution in [0.4, 0.5) is 0 Å². The summed E-state index contributed by atoms with van der Waals surface area (Å²) in [6.07, 6.45) is 7.93. The van der Waals surface area contributed by atoms with E-state index in [0.717, 1.165) is 11.1 Å². The molecule has 0 spiro atoms. The SMILES string of the molecule is C#CCOC(=O)/C=C/c1ccc(OCc2ccccc2C)c(Cl)c1. The van der Waals surface area contributed by atoms with Gasteiger partial charge in [0.05, 0.1) is 5.02 Å². The van der Waals surface area contributed by atoms with E-state index in [9.17, 15) is 4.79 Å². The first kappa shape index (κ1) is 17.7. The van der Waals surface area contributed by atoms with Gasteiger partial charge in [-0.25, -0.2) is 4.79 Å². The summed E-state index contributed by atoms with van der Waals surface area (Å²) in [6.45, 7) is 2.43. The van der Waals surface area contributed by atoms with E-state index in [4.69, 9.17) is 27.5 Å². The number of carbonyl (C=O) groups is 1. The molecule has 2 rings (SSSR count). The molecule has 2 aromatic rings. The number of halogens is 1. The Morgan fingerprint density at radius 2 is 2.08 bits per heavy atom. The van der Waals surface area contributed by atoms with Crippen molar-refractivity contribution >= 4 is 23.6 Å². The molecule has 2 aromatic carbocycles. The molecule has 0 bridgehead atoms. The van der Waals surface area contributed by atoms with Crippen LogP contribution in [0, 0.1) is 19.3 Å². The number of hydrogen-bond donors (Lipinski definition) is 0. The number of ether oxygens (including phenoxy) is 2. The summed E-state index contributed by atoms with van der Waals surface area (Å²) in [5.74, 6) is 2.32. The maximum absolute atomic E-state index is 11.4. The largest absolute Gasteiger partial charge is 0.487 e. The average molecular weight is 341 g/mol. The first-order chi connectivity index (χ1) is 11.6. The second-order valence-electron chi connectivity index (χ2n) is 5.05. The highest BCUT2D eigenvalue weighted by Gasteiger charge is 2.04. The van der Waals surface area contributed by atoms with Gasteiger partial charge >= 0.3 is 5.97 Å². The Morgan fingerprint density at radius 3 is 2.79 bits per heavy atom. The summed E-state index contributed by atoms with van der Waals surface area (Å²) in [5.41, 5.74) is 3.04. The van der Waals surface area contributed by atoms with Crippen LogP contribution in [0.15, 0.2) is 48.5 Å². The molecular formula is C20H17ClO3. The van der Waals surface area contributed by atoms with Gasteiger partial charge < -0.3 is 9.47 Å². The summed E-state index contributed by atoms with van der Waals surface area (Å²) in [7, 11) is 0. The lowest BCUT2D eigenvalue weighted by Crippen LogP contribution is -2.00. The molecule has 0 aliphatic heterocycles. The maximum atomic E-state index is 11.4. The molecule has 0 saturated carbocycles. The molecule has 24 heavy (non-hydrogen) atoms. The van der Waals surface area contributed by atoms with Crippen LogP contribution < -0.4 is 4.74 Å². The molecule has 4 heteroatoms. The van der Waals surface area contributed by atoms with Gasteiger partial charge in [0.15, 0.2) is 6.61 Å². The summed E-state index contributed by atoms with van der Waals surface area (Å²) in [6, 6.07) is 13.3. The molecule has 0 radical (unpaired) electrons. The van der Waals surface area contributed by atoms with Crippen LogP contribution >= 0.6 is 11.6 Å². The molecule has 0 amide bonds. The van der Waals surface area contributed by atoms with Gasteiger partial charge in [-0.05, 0) is 41.8 Å². The molecule has 0 fully saturated rings. The van der Waals surface area contributed by atoms with E-state index in [-0.39, 0.29) is 6.61 Å². The Bertz CT molecular complexity index is 788. The standard InChI is InChI=1S/C20H17ClO3/c1-3-12-23-20(22)11-9-16-8-10-19(18(21)13-16)24-14-17-7-5-4-6-15(17)2/h1,4-11,13H,12,14H2,2H3/b11-9+. The predicted molar refractivity (Wildman–Crippen MR) is 95.8 cm³/mol. The predicted octanol–water partition coefficient (Wildman–Crippen LogP) is 4.42. The van der Waals surface area contributed by atoms with Crippen LogP contribution in [0.2, 0.25) is 5.02 Å². The lowest BCUT2D eigenvalue weighted by atomic mass is 10.1. The molecule has 0 aliphatic rings. The van der Waals surface area contributed by atoms with E-state index < -0.39 is 5.97 Å². The van der Waals surface area contributed by atoms with Gasteiger partial charge in [0, 0.05) is 6.08 Å². The van der Waals surface area contributed by atoms with Crippen molar-refractivity contribution in [3.8, 4) is 18.1 Å². The van der Waals surface area contributed by atoms with Gasteiger partial charge in [0.25, 0.3) is 0 Å². The van der Waals surface area contributed by atoms with Crippen molar-refractivity contribution in [3.63, 3.8) is 0 Å². The molecule has 0 saturated heterocycles. The number of hydrogen-bond acceptors (Lipinski definition) is 3. The Kier molecular flexibility index (Phi) is 6.48. The van der Waals surface area contributed by atoms with Crippen molar-refractivity contribution in [2.24, 2.45) is 0 Å². The molecule has 0 aliphatic carbocycles. The zero-order valence-corrected chi connectivity index (χ0v) is 14.0. The topological polar surface area (TPSA) is 35.5 Å². The van der Waals surface area contributed by atoms with Crippen molar-refractivity contribution in [1.82, 2.24) is 0 Å². The number of terminal acetylenes is 1. The minimum absolute atomic E-state index is 0.0460. The third-order valence-corrected chi connectivity index (χ3v) is 3.61. The van der Waals surface area contributed by atoms with Crippen molar-refractivity contribution < 1.29 is 14.3 Å². The number of aryl methyl sites for hydroxylation is 1. The van der Waals surface area contributed by atoms with Gasteiger partial charge in [0.2, 0.25) is 0 Å². The highest BCUT2D eigenvalue weighted by atomic mass is 35.5. The fourth-order valence-electron chi connectivity index (χ4n) is 1.99. The normalized spacial score (nSPS) is 10.4. The molecule has 3 nitrogen and oxygen atoms in total. The van der Waals surface area contributed by atoms with Crippen LogP contribution in [-0.2, 0) is 16.1 Å². The zero-order chi connectivity index (χ0) is 17.4. The third-order valence-electron chi connectivity index (χ3n) is 3.31. The van der Waals surface area contributed by atoms with Crippen LogP contribution in [-0.4, -0.2) is 12.6 Å². The Labute approximate surface area is 146 Å². The number of carbonyl (C=O) groups excluding carboxylic acids is 1. The summed E-state index contributed by atoms with van der Waals surface area (Å²) < 4.78 is 10.5. The summed E-state index contributed by atoms with van der Waals surface area (Å²) >= 11 is 6.23.